The van der Waals surface area contributed by atoms with Crippen LogP contribution in [0.25, 0.3) is 0 Å². The second-order valence-corrected chi connectivity index (χ2v) is 4.56. The summed E-state index contributed by atoms with van der Waals surface area (Å²) in [7, 11) is 0. The normalized spacial score (nSPS) is 17.6. The highest BCUT2D eigenvalue weighted by atomic mass is 35.5. The molecule has 92 valence electrons. The van der Waals surface area contributed by atoms with Crippen LogP contribution in [0.2, 0.25) is 5.02 Å². The molecule has 0 saturated heterocycles. The van der Waals surface area contributed by atoms with E-state index in [2.05, 4.69) is 5.32 Å². The third kappa shape index (κ3) is 2.02. The molecule has 0 aromatic heterocycles. The zero-order valence-corrected chi connectivity index (χ0v) is 10.2. The smallest absolute Gasteiger partial charge is 0.161 e. The summed E-state index contributed by atoms with van der Waals surface area (Å²) in [6, 6.07) is 11.9. The lowest BCUT2D eigenvalue weighted by Crippen LogP contribution is -2.23. The maximum absolute atomic E-state index is 12.9. The van der Waals surface area contributed by atoms with E-state index in [1.807, 2.05) is 12.1 Å². The first-order valence-corrected chi connectivity index (χ1v) is 6.06. The van der Waals surface area contributed by atoms with Gasteiger partial charge in [0, 0.05) is 0 Å². The zero-order valence-electron chi connectivity index (χ0n) is 9.49. The van der Waals surface area contributed by atoms with Crippen LogP contribution in [0.3, 0.4) is 0 Å². The Balaban J connectivity index is 1.90. The van der Waals surface area contributed by atoms with Crippen molar-refractivity contribution in [2.45, 2.75) is 6.10 Å². The minimum Gasteiger partial charge on any atom is -0.480 e. The van der Waals surface area contributed by atoms with Gasteiger partial charge >= 0.3 is 0 Å². The van der Waals surface area contributed by atoms with Crippen molar-refractivity contribution in [1.29, 1.82) is 0 Å². The molecule has 0 bridgehead atoms. The van der Waals surface area contributed by atoms with Crippen molar-refractivity contribution in [3.8, 4) is 5.75 Å². The molecule has 0 aliphatic carbocycles. The minimum absolute atomic E-state index is 0.155. The lowest BCUT2D eigenvalue weighted by Gasteiger charge is -2.28. The molecule has 1 aliphatic heterocycles. The summed E-state index contributed by atoms with van der Waals surface area (Å²) >= 11 is 6.10. The first-order chi connectivity index (χ1) is 8.74. The van der Waals surface area contributed by atoms with Gasteiger partial charge < -0.3 is 10.1 Å². The van der Waals surface area contributed by atoms with E-state index < -0.39 is 0 Å². The Morgan fingerprint density at radius 3 is 2.72 bits per heavy atom. The number of halogens is 2. The van der Waals surface area contributed by atoms with E-state index in [0.717, 1.165) is 11.3 Å². The molecule has 2 nitrogen and oxygen atoms in total. The Kier molecular flexibility index (Phi) is 2.84. The summed E-state index contributed by atoms with van der Waals surface area (Å²) in [6.07, 6.45) is -0.155. The topological polar surface area (TPSA) is 21.3 Å². The van der Waals surface area contributed by atoms with Gasteiger partial charge in [0.05, 0.1) is 17.3 Å². The largest absolute Gasteiger partial charge is 0.480 e. The summed E-state index contributed by atoms with van der Waals surface area (Å²) < 4.78 is 18.8. The standard InChI is InChI=1S/C14H11ClFNO/c15-11-2-1-3-12-14(11)18-13(8-17-12)9-4-6-10(16)7-5-9/h1-7,13,17H,8H2. The third-order valence-corrected chi connectivity index (χ3v) is 3.24. The predicted octanol–water partition coefficient (Wildman–Crippen LogP) is 4.02. The Morgan fingerprint density at radius 2 is 1.94 bits per heavy atom. The summed E-state index contributed by atoms with van der Waals surface area (Å²) in [5.41, 5.74) is 1.82. The van der Waals surface area contributed by atoms with Crippen LogP contribution in [-0.2, 0) is 0 Å². The number of hydrogen-bond donors (Lipinski definition) is 1. The molecule has 0 radical (unpaired) electrons. The van der Waals surface area contributed by atoms with E-state index in [1.165, 1.54) is 12.1 Å². The fraction of sp³-hybridized carbons (Fsp3) is 0.143. The van der Waals surface area contributed by atoms with Crippen LogP contribution in [0.4, 0.5) is 10.1 Å². The Hall–Kier alpha value is -1.74. The van der Waals surface area contributed by atoms with E-state index in [1.54, 1.807) is 18.2 Å². The molecule has 1 heterocycles. The van der Waals surface area contributed by atoms with Gasteiger partial charge in [0.15, 0.2) is 5.75 Å². The highest BCUT2D eigenvalue weighted by molar-refractivity contribution is 6.32. The molecule has 0 saturated carbocycles. The van der Waals surface area contributed by atoms with Crippen molar-refractivity contribution in [2.24, 2.45) is 0 Å². The number of para-hydroxylation sites is 1. The van der Waals surface area contributed by atoms with Crippen molar-refractivity contribution < 1.29 is 9.13 Å². The molecule has 2 aromatic carbocycles. The van der Waals surface area contributed by atoms with Crippen molar-refractivity contribution in [3.63, 3.8) is 0 Å². The van der Waals surface area contributed by atoms with Crippen molar-refractivity contribution in [1.82, 2.24) is 0 Å². The Morgan fingerprint density at radius 1 is 1.17 bits per heavy atom. The summed E-state index contributed by atoms with van der Waals surface area (Å²) in [6.45, 7) is 0.638. The number of nitrogens with one attached hydrogen (secondary N) is 1. The van der Waals surface area contributed by atoms with Crippen LogP contribution in [0.5, 0.6) is 5.75 Å². The Bertz CT molecular complexity index is 571. The highest BCUT2D eigenvalue weighted by Crippen LogP contribution is 2.39. The van der Waals surface area contributed by atoms with Gasteiger partial charge in [-0.1, -0.05) is 29.8 Å². The number of fused-ring (bicyclic) bond motifs is 1. The number of hydrogen-bond acceptors (Lipinski definition) is 2. The van der Waals surface area contributed by atoms with Gasteiger partial charge in [-0.3, -0.25) is 0 Å². The molecule has 1 unspecified atom stereocenters. The average molecular weight is 264 g/mol. The summed E-state index contributed by atoms with van der Waals surface area (Å²) in [4.78, 5) is 0. The lowest BCUT2D eigenvalue weighted by molar-refractivity contribution is 0.210. The molecule has 1 N–H and O–H groups in total. The minimum atomic E-state index is -0.249. The van der Waals surface area contributed by atoms with Gasteiger partial charge in [-0.05, 0) is 29.8 Å². The van der Waals surface area contributed by atoms with Crippen molar-refractivity contribution >= 4 is 17.3 Å². The molecular weight excluding hydrogens is 253 g/mol. The molecule has 0 fully saturated rings. The Labute approximate surface area is 109 Å². The molecule has 4 heteroatoms. The van der Waals surface area contributed by atoms with Gasteiger partial charge in [-0.15, -0.1) is 0 Å². The van der Waals surface area contributed by atoms with Crippen LogP contribution in [0, 0.1) is 5.82 Å². The van der Waals surface area contributed by atoms with E-state index in [0.29, 0.717) is 17.3 Å². The van der Waals surface area contributed by atoms with Gasteiger partial charge in [-0.2, -0.15) is 0 Å². The average Bonchev–Trinajstić information content (AvgIpc) is 2.40. The molecule has 1 aliphatic rings. The fourth-order valence-electron chi connectivity index (χ4n) is 2.02. The zero-order chi connectivity index (χ0) is 12.5. The first kappa shape index (κ1) is 11.4. The van der Waals surface area contributed by atoms with Crippen molar-refractivity contribution in [3.05, 3.63) is 58.9 Å². The molecule has 3 rings (SSSR count). The van der Waals surface area contributed by atoms with Gasteiger partial charge in [-0.25, -0.2) is 4.39 Å². The van der Waals surface area contributed by atoms with Crippen LogP contribution in [0.15, 0.2) is 42.5 Å². The predicted molar refractivity (Wildman–Crippen MR) is 69.7 cm³/mol. The third-order valence-electron chi connectivity index (χ3n) is 2.95. The number of anilines is 1. The van der Waals surface area contributed by atoms with Gasteiger partial charge in [0.1, 0.15) is 11.9 Å². The molecule has 1 atom stereocenters. The van der Waals surface area contributed by atoms with Crippen LogP contribution >= 0.6 is 11.6 Å². The molecule has 2 aromatic rings. The number of ether oxygens (including phenoxy) is 1. The summed E-state index contributed by atoms with van der Waals surface area (Å²) in [5, 5.41) is 3.84. The first-order valence-electron chi connectivity index (χ1n) is 5.68. The molecule has 0 spiro atoms. The lowest BCUT2D eigenvalue weighted by atomic mass is 10.1. The second-order valence-electron chi connectivity index (χ2n) is 4.16. The van der Waals surface area contributed by atoms with Gasteiger partial charge in [0.25, 0.3) is 0 Å². The number of rotatable bonds is 1. The highest BCUT2D eigenvalue weighted by Gasteiger charge is 2.22. The van der Waals surface area contributed by atoms with Gasteiger partial charge in [0.2, 0.25) is 0 Å². The summed E-state index contributed by atoms with van der Waals surface area (Å²) in [5.74, 6) is 0.403. The van der Waals surface area contributed by atoms with Crippen LogP contribution in [0.1, 0.15) is 11.7 Å². The van der Waals surface area contributed by atoms with Crippen molar-refractivity contribution in [2.75, 3.05) is 11.9 Å². The second kappa shape index (κ2) is 4.50. The van der Waals surface area contributed by atoms with E-state index in [-0.39, 0.29) is 11.9 Å². The fourth-order valence-corrected chi connectivity index (χ4v) is 2.24. The van der Waals surface area contributed by atoms with Crippen LogP contribution in [-0.4, -0.2) is 6.54 Å². The molecular formula is C14H11ClFNO. The van der Waals surface area contributed by atoms with E-state index in [4.69, 9.17) is 16.3 Å². The quantitative estimate of drug-likeness (QED) is 0.839. The monoisotopic (exact) mass is 263 g/mol. The maximum atomic E-state index is 12.9. The SMILES string of the molecule is Fc1ccc(C2CNc3cccc(Cl)c3O2)cc1. The van der Waals surface area contributed by atoms with Crippen LogP contribution < -0.4 is 10.1 Å². The molecule has 18 heavy (non-hydrogen) atoms. The van der Waals surface area contributed by atoms with E-state index >= 15 is 0 Å². The molecule has 0 amide bonds. The number of benzene rings is 2. The maximum Gasteiger partial charge on any atom is 0.161 e. The van der Waals surface area contributed by atoms with E-state index in [9.17, 15) is 4.39 Å².